The number of hydrogen-bond acceptors (Lipinski definition) is 3. The lowest BCUT2D eigenvalue weighted by Crippen LogP contribution is -2.38. The van der Waals surface area contributed by atoms with Gasteiger partial charge in [-0.2, -0.15) is 0 Å². The van der Waals surface area contributed by atoms with Gasteiger partial charge in [0.1, 0.15) is 18.4 Å². The highest BCUT2D eigenvalue weighted by atomic mass is 79.9. The molecule has 3 rings (SSSR count). The number of nitrogens with one attached hydrogen (secondary N) is 2. The summed E-state index contributed by atoms with van der Waals surface area (Å²) < 4.78 is 14.3. The van der Waals surface area contributed by atoms with Gasteiger partial charge in [-0.05, 0) is 23.8 Å². The van der Waals surface area contributed by atoms with Crippen LogP contribution in [0.5, 0.6) is 0 Å². The Bertz CT molecular complexity index is 860. The zero-order valence-electron chi connectivity index (χ0n) is 13.5. The van der Waals surface area contributed by atoms with Crippen molar-refractivity contribution in [2.75, 3.05) is 11.9 Å². The van der Waals surface area contributed by atoms with E-state index in [9.17, 15) is 18.8 Å². The van der Waals surface area contributed by atoms with Crippen molar-refractivity contribution in [3.8, 4) is 0 Å². The van der Waals surface area contributed by atoms with Crippen molar-refractivity contribution in [2.45, 2.75) is 12.5 Å². The molecule has 1 saturated heterocycles. The van der Waals surface area contributed by atoms with Crippen LogP contribution in [0.2, 0.25) is 0 Å². The first-order valence-electron chi connectivity index (χ1n) is 7.85. The zero-order chi connectivity index (χ0) is 18.7. The lowest BCUT2D eigenvalue weighted by molar-refractivity contribution is -0.130. The van der Waals surface area contributed by atoms with Gasteiger partial charge in [-0.1, -0.05) is 46.3 Å². The largest absolute Gasteiger partial charge is 0.325 e. The molecule has 1 fully saturated rings. The Morgan fingerprint density at radius 2 is 1.92 bits per heavy atom. The highest BCUT2D eigenvalue weighted by molar-refractivity contribution is 9.10. The predicted molar refractivity (Wildman–Crippen MR) is 96.9 cm³/mol. The fraction of sp³-hybridized carbons (Fsp3) is 0.167. The van der Waals surface area contributed by atoms with Crippen LogP contribution >= 0.6 is 15.9 Å². The Balaban J connectivity index is 1.63. The van der Waals surface area contributed by atoms with E-state index in [-0.39, 0.29) is 5.69 Å². The minimum atomic E-state index is -0.720. The highest BCUT2D eigenvalue weighted by Gasteiger charge is 2.38. The van der Waals surface area contributed by atoms with Crippen molar-refractivity contribution in [3.63, 3.8) is 0 Å². The van der Waals surface area contributed by atoms with Crippen LogP contribution in [0.25, 0.3) is 0 Å². The number of carbonyl (C=O) groups excluding carboxylic acids is 3. The average molecular weight is 420 g/mol. The first-order chi connectivity index (χ1) is 12.4. The van der Waals surface area contributed by atoms with E-state index < -0.39 is 36.2 Å². The number of amides is 4. The fourth-order valence-electron chi connectivity index (χ4n) is 2.64. The van der Waals surface area contributed by atoms with Crippen LogP contribution in [0.3, 0.4) is 0 Å². The molecule has 26 heavy (non-hydrogen) atoms. The van der Waals surface area contributed by atoms with Crippen molar-refractivity contribution in [1.29, 1.82) is 0 Å². The molecule has 0 bridgehead atoms. The highest BCUT2D eigenvalue weighted by Crippen LogP contribution is 2.19. The van der Waals surface area contributed by atoms with Crippen molar-refractivity contribution in [3.05, 3.63) is 64.4 Å². The fourth-order valence-corrected chi connectivity index (χ4v) is 2.97. The molecule has 0 radical (unpaired) electrons. The molecule has 1 aliphatic heterocycles. The number of rotatable bonds is 5. The van der Waals surface area contributed by atoms with Crippen molar-refractivity contribution >= 4 is 39.5 Å². The number of hydrogen-bond donors (Lipinski definition) is 2. The topological polar surface area (TPSA) is 78.5 Å². The second-order valence-electron chi connectivity index (χ2n) is 5.79. The quantitative estimate of drug-likeness (QED) is 0.731. The second-order valence-corrected chi connectivity index (χ2v) is 6.70. The van der Waals surface area contributed by atoms with Gasteiger partial charge in [0.15, 0.2) is 0 Å². The third-order valence-corrected chi connectivity index (χ3v) is 4.39. The molecule has 1 aliphatic rings. The monoisotopic (exact) mass is 419 g/mol. The standard InChI is InChI=1S/C18H15BrFN3O3/c19-12-6-7-14(13(20)9-12)21-16(24)10-23-17(25)15(22-18(23)26)8-11-4-2-1-3-5-11/h1-7,9,15H,8,10H2,(H,21,24)(H,22,26). The van der Waals surface area contributed by atoms with Crippen molar-refractivity contribution in [1.82, 2.24) is 10.2 Å². The Hall–Kier alpha value is -2.74. The number of imide groups is 1. The van der Waals surface area contributed by atoms with Crippen LogP contribution in [0.15, 0.2) is 53.0 Å². The van der Waals surface area contributed by atoms with Crippen LogP contribution in [0, 0.1) is 5.82 Å². The summed E-state index contributed by atoms with van der Waals surface area (Å²) >= 11 is 3.12. The molecule has 1 heterocycles. The van der Waals surface area contributed by atoms with E-state index in [1.807, 2.05) is 30.3 Å². The maximum atomic E-state index is 13.8. The smallest absolute Gasteiger partial charge is 0.325 e. The lowest BCUT2D eigenvalue weighted by atomic mass is 10.1. The molecule has 1 unspecified atom stereocenters. The normalized spacial score (nSPS) is 16.5. The van der Waals surface area contributed by atoms with Gasteiger partial charge in [0, 0.05) is 10.9 Å². The number of urea groups is 1. The molecule has 134 valence electrons. The number of carbonyl (C=O) groups is 3. The molecule has 0 spiro atoms. The molecule has 8 heteroatoms. The molecular weight excluding hydrogens is 405 g/mol. The molecule has 6 nitrogen and oxygen atoms in total. The number of nitrogens with zero attached hydrogens (tertiary/aromatic N) is 1. The van der Waals surface area contributed by atoms with Crippen LogP contribution < -0.4 is 10.6 Å². The minimum Gasteiger partial charge on any atom is -0.325 e. The first-order valence-corrected chi connectivity index (χ1v) is 8.64. The Kier molecular flexibility index (Phi) is 5.32. The Morgan fingerprint density at radius 1 is 1.19 bits per heavy atom. The molecular formula is C18H15BrFN3O3. The summed E-state index contributed by atoms with van der Waals surface area (Å²) in [7, 11) is 0. The summed E-state index contributed by atoms with van der Waals surface area (Å²) in [6.07, 6.45) is 0.338. The minimum absolute atomic E-state index is 0.0221. The molecule has 0 aromatic heterocycles. The van der Waals surface area contributed by atoms with Crippen LogP contribution in [0.4, 0.5) is 14.9 Å². The van der Waals surface area contributed by atoms with Gasteiger partial charge in [-0.15, -0.1) is 0 Å². The van der Waals surface area contributed by atoms with Gasteiger partial charge in [-0.3, -0.25) is 14.5 Å². The molecule has 4 amide bonds. The summed E-state index contributed by atoms with van der Waals surface area (Å²) in [4.78, 5) is 37.4. The van der Waals surface area contributed by atoms with Gasteiger partial charge >= 0.3 is 6.03 Å². The van der Waals surface area contributed by atoms with Crippen LogP contribution in [-0.2, 0) is 16.0 Å². The third-order valence-electron chi connectivity index (χ3n) is 3.90. The summed E-state index contributed by atoms with van der Waals surface area (Å²) in [5, 5.41) is 4.93. The van der Waals surface area contributed by atoms with E-state index in [1.165, 1.54) is 12.1 Å². The van der Waals surface area contributed by atoms with E-state index in [1.54, 1.807) is 6.07 Å². The van der Waals surface area contributed by atoms with E-state index >= 15 is 0 Å². The summed E-state index contributed by atoms with van der Waals surface area (Å²) in [6.45, 7) is -0.481. The SMILES string of the molecule is O=C(CN1C(=O)NC(Cc2ccccc2)C1=O)Nc1ccc(Br)cc1F. The average Bonchev–Trinajstić information content (AvgIpc) is 2.86. The molecule has 0 aliphatic carbocycles. The van der Waals surface area contributed by atoms with Gasteiger partial charge < -0.3 is 10.6 Å². The number of benzene rings is 2. The maximum absolute atomic E-state index is 13.8. The lowest BCUT2D eigenvalue weighted by Gasteiger charge is -2.13. The number of halogens is 2. The second kappa shape index (κ2) is 7.65. The summed E-state index contributed by atoms with van der Waals surface area (Å²) in [5.74, 6) is -1.76. The van der Waals surface area contributed by atoms with Crippen molar-refractivity contribution in [2.24, 2.45) is 0 Å². The van der Waals surface area contributed by atoms with E-state index in [0.29, 0.717) is 10.9 Å². The summed E-state index contributed by atoms with van der Waals surface area (Å²) in [6, 6.07) is 12.1. The van der Waals surface area contributed by atoms with Gasteiger partial charge in [0.25, 0.3) is 5.91 Å². The predicted octanol–water partition coefficient (Wildman–Crippen LogP) is 2.69. The van der Waals surface area contributed by atoms with E-state index in [2.05, 4.69) is 26.6 Å². The van der Waals surface area contributed by atoms with E-state index in [0.717, 1.165) is 10.5 Å². The Morgan fingerprint density at radius 3 is 2.62 bits per heavy atom. The third kappa shape index (κ3) is 4.08. The van der Waals surface area contributed by atoms with Gasteiger partial charge in [0.2, 0.25) is 5.91 Å². The first kappa shape index (κ1) is 18.1. The molecule has 2 N–H and O–H groups in total. The summed E-state index contributed by atoms with van der Waals surface area (Å²) in [5.41, 5.74) is 0.875. The number of anilines is 1. The zero-order valence-corrected chi connectivity index (χ0v) is 15.1. The van der Waals surface area contributed by atoms with E-state index in [4.69, 9.17) is 0 Å². The van der Waals surface area contributed by atoms with Crippen molar-refractivity contribution < 1.29 is 18.8 Å². The molecule has 2 aromatic carbocycles. The maximum Gasteiger partial charge on any atom is 0.325 e. The Labute approximate surface area is 157 Å². The molecule has 1 atom stereocenters. The van der Waals surface area contributed by atoms with Gasteiger partial charge in [0.05, 0.1) is 5.69 Å². The van der Waals surface area contributed by atoms with Crippen LogP contribution in [-0.4, -0.2) is 35.3 Å². The molecule has 2 aromatic rings. The van der Waals surface area contributed by atoms with Gasteiger partial charge in [-0.25, -0.2) is 9.18 Å². The van der Waals surface area contributed by atoms with Crippen LogP contribution in [0.1, 0.15) is 5.56 Å². The molecule has 0 saturated carbocycles.